The topological polar surface area (TPSA) is 24.5 Å². The van der Waals surface area contributed by atoms with E-state index in [-0.39, 0.29) is 0 Å². The Labute approximate surface area is 112 Å². The van der Waals surface area contributed by atoms with Crippen molar-refractivity contribution in [3.8, 4) is 0 Å². The summed E-state index contributed by atoms with van der Waals surface area (Å²) in [7, 11) is 2.25. The van der Waals surface area contributed by atoms with E-state index < -0.39 is 0 Å². The number of likely N-dealkylation sites (N-methyl/N-ethyl adjacent to an activating group) is 1. The Balaban J connectivity index is 1.67. The molecule has 3 atom stereocenters. The van der Waals surface area contributed by atoms with Crippen molar-refractivity contribution in [1.82, 2.24) is 10.2 Å². The summed E-state index contributed by atoms with van der Waals surface area (Å²) in [5, 5.41) is 3.67. The van der Waals surface area contributed by atoms with Crippen LogP contribution in [0.2, 0.25) is 0 Å². The summed E-state index contributed by atoms with van der Waals surface area (Å²) in [5.41, 5.74) is 0. The van der Waals surface area contributed by atoms with Gasteiger partial charge in [0.05, 0.1) is 6.10 Å². The molecule has 3 nitrogen and oxygen atoms in total. The van der Waals surface area contributed by atoms with Crippen molar-refractivity contribution in [3.63, 3.8) is 0 Å². The molecule has 0 spiro atoms. The molecule has 0 bridgehead atoms. The van der Waals surface area contributed by atoms with Gasteiger partial charge in [0.15, 0.2) is 0 Å². The summed E-state index contributed by atoms with van der Waals surface area (Å²) >= 11 is 0. The summed E-state index contributed by atoms with van der Waals surface area (Å²) in [6.45, 7) is 6.78. The first-order valence-corrected chi connectivity index (χ1v) is 7.81. The third-order valence-electron chi connectivity index (χ3n) is 4.50. The van der Waals surface area contributed by atoms with E-state index >= 15 is 0 Å². The SMILES string of the molecule is CCC1CCNC(CN(C)CC2CCCCO2)C1. The van der Waals surface area contributed by atoms with Gasteiger partial charge in [0, 0.05) is 25.7 Å². The molecule has 0 amide bonds. The Morgan fingerprint density at radius 3 is 2.83 bits per heavy atom. The highest BCUT2D eigenvalue weighted by Gasteiger charge is 2.22. The molecule has 3 unspecified atom stereocenters. The molecular weight excluding hydrogens is 224 g/mol. The molecule has 0 radical (unpaired) electrons. The Kier molecular flexibility index (Phi) is 5.93. The highest BCUT2D eigenvalue weighted by Crippen LogP contribution is 2.20. The van der Waals surface area contributed by atoms with Gasteiger partial charge < -0.3 is 15.0 Å². The van der Waals surface area contributed by atoms with Crippen LogP contribution >= 0.6 is 0 Å². The minimum Gasteiger partial charge on any atom is -0.377 e. The lowest BCUT2D eigenvalue weighted by atomic mass is 9.90. The monoisotopic (exact) mass is 254 g/mol. The third-order valence-corrected chi connectivity index (χ3v) is 4.50. The molecule has 0 saturated carbocycles. The number of hydrogen-bond donors (Lipinski definition) is 1. The lowest BCUT2D eigenvalue weighted by Crippen LogP contribution is -2.46. The Morgan fingerprint density at radius 1 is 1.22 bits per heavy atom. The summed E-state index contributed by atoms with van der Waals surface area (Å²) in [6, 6.07) is 0.692. The molecule has 0 aromatic heterocycles. The Morgan fingerprint density at radius 2 is 2.11 bits per heavy atom. The number of piperidine rings is 1. The zero-order valence-electron chi connectivity index (χ0n) is 12.2. The van der Waals surface area contributed by atoms with Gasteiger partial charge in [-0.15, -0.1) is 0 Å². The van der Waals surface area contributed by atoms with Gasteiger partial charge in [-0.25, -0.2) is 0 Å². The standard InChI is InChI=1S/C15H30N2O/c1-3-13-7-8-16-14(10-13)11-17(2)12-15-6-4-5-9-18-15/h13-16H,3-12H2,1-2H3. The van der Waals surface area contributed by atoms with Gasteiger partial charge in [0.25, 0.3) is 0 Å². The van der Waals surface area contributed by atoms with Crippen LogP contribution in [0.1, 0.15) is 45.4 Å². The van der Waals surface area contributed by atoms with Crippen LogP contribution in [0.3, 0.4) is 0 Å². The highest BCUT2D eigenvalue weighted by atomic mass is 16.5. The summed E-state index contributed by atoms with van der Waals surface area (Å²) in [6.07, 6.45) is 8.39. The maximum absolute atomic E-state index is 5.82. The zero-order valence-corrected chi connectivity index (χ0v) is 12.2. The van der Waals surface area contributed by atoms with Gasteiger partial charge in [-0.1, -0.05) is 13.3 Å². The van der Waals surface area contributed by atoms with Crippen LogP contribution in [0.15, 0.2) is 0 Å². The van der Waals surface area contributed by atoms with E-state index in [1.165, 1.54) is 51.6 Å². The van der Waals surface area contributed by atoms with Crippen molar-refractivity contribution in [3.05, 3.63) is 0 Å². The van der Waals surface area contributed by atoms with Crippen molar-refractivity contribution < 1.29 is 4.74 Å². The first-order chi connectivity index (χ1) is 8.78. The van der Waals surface area contributed by atoms with E-state index in [1.54, 1.807) is 0 Å². The maximum Gasteiger partial charge on any atom is 0.0701 e. The molecule has 3 heteroatoms. The van der Waals surface area contributed by atoms with Crippen LogP contribution in [0, 0.1) is 5.92 Å². The van der Waals surface area contributed by atoms with Crippen molar-refractivity contribution >= 4 is 0 Å². The van der Waals surface area contributed by atoms with Crippen molar-refractivity contribution in [2.24, 2.45) is 5.92 Å². The van der Waals surface area contributed by atoms with Crippen LogP contribution in [-0.2, 0) is 4.74 Å². The van der Waals surface area contributed by atoms with Crippen LogP contribution < -0.4 is 5.32 Å². The van der Waals surface area contributed by atoms with E-state index in [1.807, 2.05) is 0 Å². The highest BCUT2D eigenvalue weighted by molar-refractivity contribution is 4.80. The van der Waals surface area contributed by atoms with Gasteiger partial charge in [-0.3, -0.25) is 0 Å². The van der Waals surface area contributed by atoms with Crippen molar-refractivity contribution in [2.45, 2.75) is 57.6 Å². The molecule has 2 fully saturated rings. The maximum atomic E-state index is 5.82. The zero-order chi connectivity index (χ0) is 12.8. The molecule has 2 heterocycles. The van der Waals surface area contributed by atoms with Gasteiger partial charge >= 0.3 is 0 Å². The lowest BCUT2D eigenvalue weighted by molar-refractivity contribution is -0.00331. The van der Waals surface area contributed by atoms with E-state index in [4.69, 9.17) is 4.74 Å². The number of nitrogens with one attached hydrogen (secondary N) is 1. The van der Waals surface area contributed by atoms with Crippen LogP contribution in [0.4, 0.5) is 0 Å². The molecule has 2 rings (SSSR count). The first kappa shape index (κ1) is 14.3. The molecule has 18 heavy (non-hydrogen) atoms. The normalized spacial score (nSPS) is 33.8. The number of hydrogen-bond acceptors (Lipinski definition) is 3. The average molecular weight is 254 g/mol. The first-order valence-electron chi connectivity index (χ1n) is 7.81. The fourth-order valence-corrected chi connectivity index (χ4v) is 3.35. The van der Waals surface area contributed by atoms with E-state index in [2.05, 4.69) is 24.2 Å². The molecule has 0 aliphatic carbocycles. The minimum atomic E-state index is 0.481. The second kappa shape index (κ2) is 7.46. The number of rotatable bonds is 5. The Hall–Kier alpha value is -0.120. The van der Waals surface area contributed by atoms with Gasteiger partial charge in [0.2, 0.25) is 0 Å². The average Bonchev–Trinajstić information content (AvgIpc) is 2.40. The number of ether oxygens (including phenoxy) is 1. The van der Waals surface area contributed by atoms with Gasteiger partial charge in [0.1, 0.15) is 0 Å². The van der Waals surface area contributed by atoms with Crippen molar-refractivity contribution in [1.29, 1.82) is 0 Å². The second-order valence-electron chi connectivity index (χ2n) is 6.16. The summed E-state index contributed by atoms with van der Waals surface area (Å²) < 4.78 is 5.82. The molecular formula is C15H30N2O. The summed E-state index contributed by atoms with van der Waals surface area (Å²) in [5.74, 6) is 0.940. The second-order valence-corrected chi connectivity index (χ2v) is 6.16. The molecule has 1 N–H and O–H groups in total. The van der Waals surface area contributed by atoms with Crippen molar-refractivity contribution in [2.75, 3.05) is 33.3 Å². The molecule has 106 valence electrons. The predicted octanol–water partition coefficient (Wildman–Crippen LogP) is 2.27. The molecule has 0 aromatic carbocycles. The van der Waals surface area contributed by atoms with E-state index in [0.29, 0.717) is 12.1 Å². The van der Waals surface area contributed by atoms with Crippen LogP contribution in [-0.4, -0.2) is 50.3 Å². The van der Waals surface area contributed by atoms with Crippen LogP contribution in [0.25, 0.3) is 0 Å². The van der Waals surface area contributed by atoms with Gasteiger partial charge in [-0.2, -0.15) is 0 Å². The summed E-state index contributed by atoms with van der Waals surface area (Å²) in [4.78, 5) is 2.46. The van der Waals surface area contributed by atoms with E-state index in [9.17, 15) is 0 Å². The Bertz CT molecular complexity index is 229. The smallest absolute Gasteiger partial charge is 0.0701 e. The molecule has 2 saturated heterocycles. The molecule has 2 aliphatic heterocycles. The van der Waals surface area contributed by atoms with Crippen LogP contribution in [0.5, 0.6) is 0 Å². The largest absolute Gasteiger partial charge is 0.377 e. The lowest BCUT2D eigenvalue weighted by Gasteiger charge is -2.34. The minimum absolute atomic E-state index is 0.481. The third kappa shape index (κ3) is 4.52. The predicted molar refractivity (Wildman–Crippen MR) is 75.9 cm³/mol. The number of nitrogens with zero attached hydrogens (tertiary/aromatic N) is 1. The fraction of sp³-hybridized carbons (Fsp3) is 1.00. The quantitative estimate of drug-likeness (QED) is 0.814. The fourth-order valence-electron chi connectivity index (χ4n) is 3.35. The van der Waals surface area contributed by atoms with E-state index in [0.717, 1.165) is 19.1 Å². The molecule has 2 aliphatic rings. The molecule has 0 aromatic rings. The van der Waals surface area contributed by atoms with Gasteiger partial charge in [-0.05, 0) is 51.6 Å².